The molecule has 3 rings (SSSR count). The van der Waals surface area contributed by atoms with E-state index in [-0.39, 0.29) is 0 Å². The summed E-state index contributed by atoms with van der Waals surface area (Å²) in [4.78, 5) is 2.53. The molecule has 1 nitrogen and oxygen atoms in total. The highest BCUT2D eigenvalue weighted by Gasteiger charge is 2.42. The van der Waals surface area contributed by atoms with Crippen LogP contribution in [0.4, 0.5) is 0 Å². The van der Waals surface area contributed by atoms with E-state index in [4.69, 9.17) is 0 Å². The monoisotopic (exact) mass is 221 g/mol. The average molecular weight is 221 g/mol. The summed E-state index contributed by atoms with van der Waals surface area (Å²) in [6.45, 7) is 2.72. The lowest BCUT2D eigenvalue weighted by Gasteiger charge is -2.50. The van der Waals surface area contributed by atoms with Gasteiger partial charge in [-0.1, -0.05) is 25.7 Å². The molecule has 1 heterocycles. The zero-order valence-corrected chi connectivity index (χ0v) is 10.9. The second-order valence-corrected chi connectivity index (χ2v) is 6.85. The maximum absolute atomic E-state index is 2.53. The van der Waals surface area contributed by atoms with E-state index in [1.54, 1.807) is 32.1 Å². The first-order chi connectivity index (χ1) is 7.77. The Hall–Kier alpha value is -0.0400. The fourth-order valence-electron chi connectivity index (χ4n) is 4.63. The summed E-state index contributed by atoms with van der Waals surface area (Å²) in [7, 11) is 2.29. The average Bonchev–Trinajstić information content (AvgIpc) is 2.33. The number of hydrogen-bond donors (Lipinski definition) is 0. The molecule has 2 saturated carbocycles. The Kier molecular flexibility index (Phi) is 2.99. The lowest BCUT2D eigenvalue weighted by Crippen LogP contribution is -2.43. The highest BCUT2D eigenvalue weighted by Crippen LogP contribution is 2.52. The van der Waals surface area contributed by atoms with Gasteiger partial charge in [-0.25, -0.2) is 0 Å². The van der Waals surface area contributed by atoms with Gasteiger partial charge in [-0.3, -0.25) is 0 Å². The van der Waals surface area contributed by atoms with Gasteiger partial charge < -0.3 is 4.90 Å². The van der Waals surface area contributed by atoms with E-state index in [1.165, 1.54) is 38.8 Å². The van der Waals surface area contributed by atoms with Crippen LogP contribution in [-0.4, -0.2) is 25.0 Å². The molecule has 2 aliphatic carbocycles. The molecule has 0 amide bonds. The SMILES string of the molecule is CN1CCC2(CC[C@@H]3CCCC[C@H]3C2)CC1. The molecule has 3 fully saturated rings. The Labute approximate surface area is 101 Å². The summed E-state index contributed by atoms with van der Waals surface area (Å²) >= 11 is 0. The van der Waals surface area contributed by atoms with Crippen LogP contribution in [0, 0.1) is 17.3 Å². The molecule has 0 radical (unpaired) electrons. The molecule has 1 aliphatic heterocycles. The zero-order chi connectivity index (χ0) is 11.0. The molecule has 0 N–H and O–H groups in total. The lowest BCUT2D eigenvalue weighted by molar-refractivity contribution is 0.0121. The van der Waals surface area contributed by atoms with Gasteiger partial charge in [-0.2, -0.15) is 0 Å². The van der Waals surface area contributed by atoms with Gasteiger partial charge in [0.05, 0.1) is 0 Å². The van der Waals surface area contributed by atoms with Crippen molar-refractivity contribution in [3.63, 3.8) is 0 Å². The molecular weight excluding hydrogens is 194 g/mol. The quantitative estimate of drug-likeness (QED) is 0.603. The van der Waals surface area contributed by atoms with E-state index in [0.717, 1.165) is 17.3 Å². The van der Waals surface area contributed by atoms with Crippen molar-refractivity contribution >= 4 is 0 Å². The molecule has 1 spiro atoms. The van der Waals surface area contributed by atoms with Crippen molar-refractivity contribution in [2.45, 2.75) is 57.8 Å². The van der Waals surface area contributed by atoms with E-state index >= 15 is 0 Å². The molecule has 92 valence electrons. The van der Waals surface area contributed by atoms with Gasteiger partial charge in [-0.05, 0) is 69.5 Å². The molecule has 0 bridgehead atoms. The van der Waals surface area contributed by atoms with Crippen molar-refractivity contribution < 1.29 is 0 Å². The first-order valence-corrected chi connectivity index (χ1v) is 7.46. The van der Waals surface area contributed by atoms with E-state index < -0.39 is 0 Å². The summed E-state index contributed by atoms with van der Waals surface area (Å²) in [5, 5.41) is 0. The van der Waals surface area contributed by atoms with Crippen LogP contribution in [0.3, 0.4) is 0 Å². The van der Waals surface area contributed by atoms with Gasteiger partial charge in [0.2, 0.25) is 0 Å². The Balaban J connectivity index is 1.65. The van der Waals surface area contributed by atoms with Crippen LogP contribution >= 0.6 is 0 Å². The van der Waals surface area contributed by atoms with Gasteiger partial charge in [0.1, 0.15) is 0 Å². The molecule has 1 saturated heterocycles. The lowest BCUT2D eigenvalue weighted by atomic mass is 9.58. The minimum Gasteiger partial charge on any atom is -0.306 e. The number of rotatable bonds is 0. The van der Waals surface area contributed by atoms with Crippen molar-refractivity contribution in [2.75, 3.05) is 20.1 Å². The van der Waals surface area contributed by atoms with E-state index in [2.05, 4.69) is 11.9 Å². The largest absolute Gasteiger partial charge is 0.306 e. The van der Waals surface area contributed by atoms with Gasteiger partial charge >= 0.3 is 0 Å². The van der Waals surface area contributed by atoms with Crippen LogP contribution in [0.25, 0.3) is 0 Å². The van der Waals surface area contributed by atoms with Crippen molar-refractivity contribution in [3.8, 4) is 0 Å². The molecule has 16 heavy (non-hydrogen) atoms. The third kappa shape index (κ3) is 2.03. The predicted molar refractivity (Wildman–Crippen MR) is 68.5 cm³/mol. The molecule has 0 aromatic rings. The number of likely N-dealkylation sites (tertiary alicyclic amines) is 1. The maximum atomic E-state index is 2.53. The predicted octanol–water partition coefficient (Wildman–Crippen LogP) is 3.69. The second-order valence-electron chi connectivity index (χ2n) is 6.85. The second kappa shape index (κ2) is 4.33. The van der Waals surface area contributed by atoms with Crippen molar-refractivity contribution in [3.05, 3.63) is 0 Å². The molecule has 1 heteroatoms. The summed E-state index contributed by atoms with van der Waals surface area (Å²) in [5.41, 5.74) is 0.783. The third-order valence-electron chi connectivity index (χ3n) is 5.85. The van der Waals surface area contributed by atoms with Crippen LogP contribution in [0.15, 0.2) is 0 Å². The van der Waals surface area contributed by atoms with Crippen LogP contribution in [0.1, 0.15) is 57.8 Å². The van der Waals surface area contributed by atoms with Crippen molar-refractivity contribution in [1.82, 2.24) is 4.90 Å². The smallest absolute Gasteiger partial charge is 0.00165 e. The molecule has 0 aromatic carbocycles. The minimum atomic E-state index is 0.783. The van der Waals surface area contributed by atoms with Crippen molar-refractivity contribution in [2.24, 2.45) is 17.3 Å². The Bertz CT molecular complexity index is 240. The molecule has 2 atom stereocenters. The van der Waals surface area contributed by atoms with Gasteiger partial charge in [0.25, 0.3) is 0 Å². The van der Waals surface area contributed by atoms with Crippen LogP contribution < -0.4 is 0 Å². The fraction of sp³-hybridized carbons (Fsp3) is 1.00. The molecular formula is C15H27N. The van der Waals surface area contributed by atoms with E-state index in [0.29, 0.717) is 0 Å². The third-order valence-corrected chi connectivity index (χ3v) is 5.85. The fourth-order valence-corrected chi connectivity index (χ4v) is 4.63. The van der Waals surface area contributed by atoms with Gasteiger partial charge in [-0.15, -0.1) is 0 Å². The highest BCUT2D eigenvalue weighted by molar-refractivity contribution is 4.94. The highest BCUT2D eigenvalue weighted by atomic mass is 15.1. The first-order valence-electron chi connectivity index (χ1n) is 7.46. The van der Waals surface area contributed by atoms with E-state index in [9.17, 15) is 0 Å². The maximum Gasteiger partial charge on any atom is -0.00165 e. The van der Waals surface area contributed by atoms with Gasteiger partial charge in [0, 0.05) is 0 Å². The number of hydrogen-bond acceptors (Lipinski definition) is 1. The van der Waals surface area contributed by atoms with E-state index in [1.807, 2.05) is 0 Å². The Morgan fingerprint density at radius 1 is 0.875 bits per heavy atom. The molecule has 3 aliphatic rings. The summed E-state index contributed by atoms with van der Waals surface area (Å²) in [5.74, 6) is 2.24. The summed E-state index contributed by atoms with van der Waals surface area (Å²) < 4.78 is 0. The topological polar surface area (TPSA) is 3.24 Å². The Morgan fingerprint density at radius 3 is 2.31 bits per heavy atom. The number of fused-ring (bicyclic) bond motifs is 1. The van der Waals surface area contributed by atoms with Crippen molar-refractivity contribution in [1.29, 1.82) is 0 Å². The van der Waals surface area contributed by atoms with Gasteiger partial charge in [0.15, 0.2) is 0 Å². The molecule has 0 unspecified atom stereocenters. The normalized spacial score (nSPS) is 39.6. The minimum absolute atomic E-state index is 0.783. The number of piperidine rings is 1. The van der Waals surface area contributed by atoms with Crippen LogP contribution in [0.2, 0.25) is 0 Å². The van der Waals surface area contributed by atoms with Crippen LogP contribution in [0.5, 0.6) is 0 Å². The standard InChI is InChI=1S/C15H27N/c1-16-10-8-15(9-11-16)7-6-13-4-2-3-5-14(13)12-15/h13-14H,2-12H2,1H3/t13-,14-/m0/s1. The zero-order valence-electron chi connectivity index (χ0n) is 10.9. The number of nitrogens with zero attached hydrogens (tertiary/aromatic N) is 1. The molecule has 0 aromatic heterocycles. The first kappa shape index (κ1) is 11.1. The van der Waals surface area contributed by atoms with Crippen LogP contribution in [-0.2, 0) is 0 Å². The Morgan fingerprint density at radius 2 is 1.56 bits per heavy atom. The summed E-state index contributed by atoms with van der Waals surface area (Å²) in [6, 6.07) is 0. The summed E-state index contributed by atoms with van der Waals surface area (Å²) in [6.07, 6.45) is 13.9.